The first-order chi connectivity index (χ1) is 16.0. The van der Waals surface area contributed by atoms with Crippen LogP contribution in [0.1, 0.15) is 25.1 Å². The lowest BCUT2D eigenvalue weighted by Crippen LogP contribution is -2.42. The van der Waals surface area contributed by atoms with Gasteiger partial charge in [0.05, 0.1) is 22.4 Å². The lowest BCUT2D eigenvalue weighted by atomic mass is 9.94. The van der Waals surface area contributed by atoms with Gasteiger partial charge in [0.1, 0.15) is 22.1 Å². The van der Waals surface area contributed by atoms with Crippen LogP contribution >= 0.6 is 22.9 Å². The van der Waals surface area contributed by atoms with Crippen molar-refractivity contribution in [2.75, 3.05) is 18.4 Å². The first-order valence-electron chi connectivity index (χ1n) is 10.7. The van der Waals surface area contributed by atoms with E-state index in [4.69, 9.17) is 11.6 Å². The van der Waals surface area contributed by atoms with Gasteiger partial charge in [-0.2, -0.15) is 4.31 Å². The van der Waals surface area contributed by atoms with Gasteiger partial charge in [0.25, 0.3) is 5.56 Å². The lowest BCUT2D eigenvalue weighted by molar-refractivity contribution is -0.116. The number of sulfonamides is 1. The molecule has 1 aliphatic rings. The number of halogens is 2. The Labute approximate surface area is 205 Å². The quantitative estimate of drug-likeness (QED) is 0.544. The molecule has 3 heterocycles. The zero-order valence-electron chi connectivity index (χ0n) is 18.8. The number of nitrogens with one attached hydrogen (secondary N) is 1. The number of anilines is 1. The second-order valence-electron chi connectivity index (χ2n) is 8.79. The van der Waals surface area contributed by atoms with Crippen molar-refractivity contribution in [3.8, 4) is 0 Å². The van der Waals surface area contributed by atoms with Crippen molar-refractivity contribution in [1.82, 2.24) is 13.9 Å². The van der Waals surface area contributed by atoms with Gasteiger partial charge in [0.15, 0.2) is 0 Å². The van der Waals surface area contributed by atoms with Crippen LogP contribution in [0.15, 0.2) is 34.2 Å². The highest BCUT2D eigenvalue weighted by atomic mass is 35.5. The molecule has 1 fully saturated rings. The zero-order chi connectivity index (χ0) is 24.8. The highest BCUT2D eigenvalue weighted by Crippen LogP contribution is 2.35. The molecule has 8 nitrogen and oxygen atoms in total. The number of piperidine rings is 1. The van der Waals surface area contributed by atoms with E-state index in [9.17, 15) is 22.4 Å². The Bertz CT molecular complexity index is 1430. The van der Waals surface area contributed by atoms with Crippen molar-refractivity contribution in [3.63, 3.8) is 0 Å². The van der Waals surface area contributed by atoms with Crippen LogP contribution in [-0.2, 0) is 21.4 Å². The first kappa shape index (κ1) is 24.8. The Balaban J connectivity index is 1.69. The summed E-state index contributed by atoms with van der Waals surface area (Å²) in [6.45, 7) is 6.04. The minimum absolute atomic E-state index is 0.0107. The largest absolute Gasteiger partial charge is 0.323 e. The average molecular weight is 527 g/mol. The summed E-state index contributed by atoms with van der Waals surface area (Å²) in [6, 6.07) is 3.52. The van der Waals surface area contributed by atoms with Gasteiger partial charge in [0, 0.05) is 18.0 Å². The number of hydrogen-bond donors (Lipinski definition) is 1. The number of nitrogens with zero attached hydrogens (tertiary/aromatic N) is 3. The molecule has 12 heteroatoms. The summed E-state index contributed by atoms with van der Waals surface area (Å²) in [7, 11) is -3.93. The molecule has 0 radical (unpaired) electrons. The summed E-state index contributed by atoms with van der Waals surface area (Å²) in [6.07, 6.45) is 2.16. The minimum Gasteiger partial charge on any atom is -0.323 e. The number of rotatable bonds is 5. The van der Waals surface area contributed by atoms with Crippen molar-refractivity contribution >= 4 is 54.8 Å². The first-order valence-corrected chi connectivity index (χ1v) is 13.3. The van der Waals surface area contributed by atoms with E-state index < -0.39 is 33.9 Å². The molecule has 2 aromatic heterocycles. The van der Waals surface area contributed by atoms with Gasteiger partial charge in [0.2, 0.25) is 15.9 Å². The molecule has 1 N–H and O–H groups in total. The standard InChI is InChI=1S/C22H24ClFN4O4S2/c1-12-6-13(2)9-28(8-12)34(31,32)20-14(3)33-21-19(20)22(30)27(11-25-21)10-18(29)26-17-5-4-15(24)7-16(17)23/h4-5,7,11-13H,6,8-10H2,1-3H3,(H,26,29)/t12-,13-/m0/s1. The summed E-state index contributed by atoms with van der Waals surface area (Å²) in [5, 5.41) is 2.53. The normalized spacial score (nSPS) is 19.4. The lowest BCUT2D eigenvalue weighted by Gasteiger charge is -2.34. The van der Waals surface area contributed by atoms with E-state index in [1.807, 2.05) is 13.8 Å². The molecule has 2 atom stereocenters. The maximum Gasteiger partial charge on any atom is 0.263 e. The molecule has 3 aromatic rings. The third-order valence-electron chi connectivity index (χ3n) is 5.75. The van der Waals surface area contributed by atoms with Crippen LogP contribution in [-0.4, -0.2) is 41.3 Å². The predicted octanol–water partition coefficient (Wildman–Crippen LogP) is 3.86. The van der Waals surface area contributed by atoms with Crippen LogP contribution in [0.3, 0.4) is 0 Å². The van der Waals surface area contributed by atoms with E-state index >= 15 is 0 Å². The van der Waals surface area contributed by atoms with Crippen LogP contribution in [0.2, 0.25) is 5.02 Å². The van der Waals surface area contributed by atoms with E-state index in [-0.39, 0.29) is 32.8 Å². The predicted molar refractivity (Wildman–Crippen MR) is 130 cm³/mol. The second kappa shape index (κ2) is 9.37. The van der Waals surface area contributed by atoms with Gasteiger partial charge in [-0.25, -0.2) is 17.8 Å². The molecule has 4 rings (SSSR count). The fraction of sp³-hybridized carbons (Fsp3) is 0.409. The molecule has 182 valence electrons. The van der Waals surface area contributed by atoms with Crippen LogP contribution in [0.25, 0.3) is 10.2 Å². The Morgan fingerprint density at radius 3 is 2.62 bits per heavy atom. The molecule has 0 spiro atoms. The molecule has 1 aliphatic heterocycles. The van der Waals surface area contributed by atoms with E-state index in [0.29, 0.717) is 22.8 Å². The van der Waals surface area contributed by atoms with Crippen molar-refractivity contribution < 1.29 is 17.6 Å². The smallest absolute Gasteiger partial charge is 0.263 e. The molecular formula is C22H24ClFN4O4S2. The molecule has 1 amide bonds. The molecule has 34 heavy (non-hydrogen) atoms. The van der Waals surface area contributed by atoms with Crippen molar-refractivity contribution in [3.05, 3.63) is 50.6 Å². The third kappa shape index (κ3) is 4.74. The number of amides is 1. The summed E-state index contributed by atoms with van der Waals surface area (Å²) >= 11 is 7.08. The SMILES string of the molecule is Cc1sc2ncn(CC(=O)Nc3ccc(F)cc3Cl)c(=O)c2c1S(=O)(=O)N1C[C@@H](C)C[C@H](C)C1. The van der Waals surface area contributed by atoms with E-state index in [1.54, 1.807) is 6.92 Å². The summed E-state index contributed by atoms with van der Waals surface area (Å²) in [5.41, 5.74) is -0.426. The van der Waals surface area contributed by atoms with Crippen LogP contribution in [0, 0.1) is 24.6 Å². The minimum atomic E-state index is -3.93. The molecule has 0 bridgehead atoms. The number of hydrogen-bond acceptors (Lipinski definition) is 6. The number of benzene rings is 1. The summed E-state index contributed by atoms with van der Waals surface area (Å²) in [4.78, 5) is 30.8. The number of carbonyl (C=O) groups is 1. The fourth-order valence-corrected chi connectivity index (χ4v) is 7.96. The number of thiophene rings is 1. The van der Waals surface area contributed by atoms with Crippen LogP contribution in [0.5, 0.6) is 0 Å². The third-order valence-corrected chi connectivity index (χ3v) is 9.21. The van der Waals surface area contributed by atoms with Gasteiger partial charge in [-0.3, -0.25) is 14.2 Å². The maximum atomic E-state index is 13.6. The topological polar surface area (TPSA) is 101 Å². The van der Waals surface area contributed by atoms with Crippen LogP contribution < -0.4 is 10.9 Å². The van der Waals surface area contributed by atoms with Gasteiger partial charge < -0.3 is 5.32 Å². The van der Waals surface area contributed by atoms with Crippen molar-refractivity contribution in [2.24, 2.45) is 11.8 Å². The highest BCUT2D eigenvalue weighted by molar-refractivity contribution is 7.89. The van der Waals surface area contributed by atoms with Crippen LogP contribution in [0.4, 0.5) is 10.1 Å². The maximum absolute atomic E-state index is 13.6. The Morgan fingerprint density at radius 2 is 1.97 bits per heavy atom. The Morgan fingerprint density at radius 1 is 1.29 bits per heavy atom. The van der Waals surface area contributed by atoms with Gasteiger partial charge in [-0.15, -0.1) is 11.3 Å². The number of fused-ring (bicyclic) bond motifs is 1. The zero-order valence-corrected chi connectivity index (χ0v) is 21.2. The fourth-order valence-electron chi connectivity index (χ4n) is 4.40. The highest BCUT2D eigenvalue weighted by Gasteiger charge is 2.35. The molecular weight excluding hydrogens is 503 g/mol. The Kier molecular flexibility index (Phi) is 6.83. The molecule has 1 saturated heterocycles. The monoisotopic (exact) mass is 526 g/mol. The summed E-state index contributed by atoms with van der Waals surface area (Å²) < 4.78 is 42.9. The van der Waals surface area contributed by atoms with E-state index in [0.717, 1.165) is 34.5 Å². The Hall–Kier alpha value is -2.34. The van der Waals surface area contributed by atoms with E-state index in [1.165, 1.54) is 16.7 Å². The van der Waals surface area contributed by atoms with Gasteiger partial charge in [-0.1, -0.05) is 25.4 Å². The molecule has 0 unspecified atom stereocenters. The van der Waals surface area contributed by atoms with Crippen molar-refractivity contribution in [2.45, 2.75) is 38.6 Å². The number of aryl methyl sites for hydroxylation is 1. The van der Waals surface area contributed by atoms with Crippen molar-refractivity contribution in [1.29, 1.82) is 0 Å². The number of carbonyl (C=O) groups excluding carboxylic acids is 1. The van der Waals surface area contributed by atoms with E-state index in [2.05, 4.69) is 10.3 Å². The second-order valence-corrected chi connectivity index (χ2v) is 12.3. The van der Waals surface area contributed by atoms with Gasteiger partial charge >= 0.3 is 0 Å². The van der Waals surface area contributed by atoms with Gasteiger partial charge in [-0.05, 0) is 43.4 Å². The molecule has 0 saturated carbocycles. The number of aromatic nitrogens is 2. The molecule has 0 aliphatic carbocycles. The average Bonchev–Trinajstić information content (AvgIpc) is 3.09. The molecule has 1 aromatic carbocycles. The summed E-state index contributed by atoms with van der Waals surface area (Å²) in [5.74, 6) is -0.722.